The molecule has 0 bridgehead atoms. The van der Waals surface area contributed by atoms with Crippen LogP contribution in [0.5, 0.6) is 0 Å². The Morgan fingerprint density at radius 3 is 2.85 bits per heavy atom. The minimum Gasteiger partial charge on any atom is -0.390 e. The number of hydrogen-bond donors (Lipinski definition) is 1. The van der Waals surface area contributed by atoms with E-state index in [1.165, 1.54) is 0 Å². The van der Waals surface area contributed by atoms with Gasteiger partial charge >= 0.3 is 0 Å². The zero-order valence-electron chi connectivity index (χ0n) is 8.27. The molecule has 13 heavy (non-hydrogen) atoms. The van der Waals surface area contributed by atoms with E-state index in [0.29, 0.717) is 6.42 Å². The average molecular weight is 184 g/mol. The van der Waals surface area contributed by atoms with E-state index >= 15 is 0 Å². The van der Waals surface area contributed by atoms with Crippen LogP contribution in [0.4, 0.5) is 0 Å². The lowest BCUT2D eigenvalue weighted by Crippen LogP contribution is -2.27. The molecule has 1 aromatic rings. The highest BCUT2D eigenvalue weighted by atomic mass is 16.5. The smallest absolute Gasteiger partial charge is 0.0854 e. The van der Waals surface area contributed by atoms with E-state index in [0.717, 1.165) is 5.69 Å². The van der Waals surface area contributed by atoms with E-state index in [2.05, 4.69) is 5.10 Å². The van der Waals surface area contributed by atoms with Crippen molar-refractivity contribution in [3.8, 4) is 0 Å². The molecule has 0 fully saturated rings. The van der Waals surface area contributed by atoms with Gasteiger partial charge in [-0.1, -0.05) is 0 Å². The van der Waals surface area contributed by atoms with Crippen molar-refractivity contribution in [1.29, 1.82) is 0 Å². The van der Waals surface area contributed by atoms with Crippen molar-refractivity contribution in [1.82, 2.24) is 9.78 Å². The zero-order valence-corrected chi connectivity index (χ0v) is 8.27. The van der Waals surface area contributed by atoms with Crippen molar-refractivity contribution in [2.24, 2.45) is 7.05 Å². The number of rotatable bonds is 4. The first-order valence-electron chi connectivity index (χ1n) is 4.33. The van der Waals surface area contributed by atoms with Crippen LogP contribution in [0.2, 0.25) is 0 Å². The highest BCUT2D eigenvalue weighted by molar-refractivity contribution is 5.00. The molecule has 0 radical (unpaired) electrons. The summed E-state index contributed by atoms with van der Waals surface area (Å²) in [6.07, 6.45) is 1.76. The zero-order chi connectivity index (χ0) is 9.84. The van der Waals surface area contributed by atoms with E-state index < -0.39 is 6.10 Å². The maximum atomic E-state index is 9.61. The Labute approximate surface area is 78.1 Å². The third-order valence-corrected chi connectivity index (χ3v) is 2.10. The van der Waals surface area contributed by atoms with Gasteiger partial charge in [-0.15, -0.1) is 0 Å². The summed E-state index contributed by atoms with van der Waals surface area (Å²) < 4.78 is 6.73. The van der Waals surface area contributed by atoms with Crippen LogP contribution in [-0.4, -0.2) is 34.2 Å². The Morgan fingerprint density at radius 2 is 2.38 bits per heavy atom. The van der Waals surface area contributed by atoms with Gasteiger partial charge in [0.1, 0.15) is 0 Å². The summed E-state index contributed by atoms with van der Waals surface area (Å²) in [7, 11) is 3.45. The van der Waals surface area contributed by atoms with Crippen LogP contribution < -0.4 is 0 Å². The Morgan fingerprint density at radius 1 is 1.69 bits per heavy atom. The van der Waals surface area contributed by atoms with E-state index in [1.807, 2.05) is 26.2 Å². The lowest BCUT2D eigenvalue weighted by Gasteiger charge is -2.15. The van der Waals surface area contributed by atoms with Gasteiger partial charge in [0.15, 0.2) is 0 Å². The van der Waals surface area contributed by atoms with Crippen LogP contribution in [0.15, 0.2) is 12.3 Å². The summed E-state index contributed by atoms with van der Waals surface area (Å²) in [5.41, 5.74) is 0.888. The Kier molecular flexibility index (Phi) is 3.45. The fraction of sp³-hybridized carbons (Fsp3) is 0.667. The van der Waals surface area contributed by atoms with Crippen molar-refractivity contribution in [2.75, 3.05) is 7.11 Å². The molecule has 0 aliphatic rings. The maximum Gasteiger partial charge on any atom is 0.0854 e. The summed E-state index contributed by atoms with van der Waals surface area (Å²) >= 11 is 0. The number of nitrogens with zero attached hydrogens (tertiary/aromatic N) is 2. The fourth-order valence-electron chi connectivity index (χ4n) is 1.11. The van der Waals surface area contributed by atoms with Crippen molar-refractivity contribution in [3.63, 3.8) is 0 Å². The molecule has 2 atom stereocenters. The molecule has 0 aliphatic heterocycles. The molecular weight excluding hydrogens is 168 g/mol. The molecule has 1 rings (SSSR count). The monoisotopic (exact) mass is 184 g/mol. The molecule has 0 saturated carbocycles. The molecule has 2 unspecified atom stereocenters. The topological polar surface area (TPSA) is 47.3 Å². The summed E-state index contributed by atoms with van der Waals surface area (Å²) in [6.45, 7) is 1.84. The summed E-state index contributed by atoms with van der Waals surface area (Å²) in [5, 5.41) is 13.8. The standard InChI is InChI=1S/C9H16N2O2/c1-7(13-3)9(12)6-8-4-5-11(2)10-8/h4-5,7,9,12H,6H2,1-3H3. The number of hydrogen-bond acceptors (Lipinski definition) is 3. The molecule has 74 valence electrons. The number of aryl methyl sites for hydroxylation is 1. The first-order chi connectivity index (χ1) is 6.13. The predicted octanol–water partition coefficient (Wildman–Crippen LogP) is 0.358. The Bertz CT molecular complexity index is 260. The van der Waals surface area contributed by atoms with Gasteiger partial charge < -0.3 is 9.84 Å². The van der Waals surface area contributed by atoms with Crippen LogP contribution >= 0.6 is 0 Å². The van der Waals surface area contributed by atoms with E-state index in [4.69, 9.17) is 4.74 Å². The second-order valence-electron chi connectivity index (χ2n) is 3.19. The first kappa shape index (κ1) is 10.2. The predicted molar refractivity (Wildman–Crippen MR) is 49.4 cm³/mol. The van der Waals surface area contributed by atoms with E-state index in [9.17, 15) is 5.11 Å². The largest absolute Gasteiger partial charge is 0.390 e. The minimum atomic E-state index is -0.486. The maximum absolute atomic E-state index is 9.61. The van der Waals surface area contributed by atoms with Crippen LogP contribution in [0.3, 0.4) is 0 Å². The van der Waals surface area contributed by atoms with Gasteiger partial charge in [0.25, 0.3) is 0 Å². The van der Waals surface area contributed by atoms with Crippen molar-refractivity contribution in [3.05, 3.63) is 18.0 Å². The summed E-state index contributed by atoms with van der Waals surface area (Å²) in [6, 6.07) is 1.89. The van der Waals surface area contributed by atoms with Crippen molar-refractivity contribution in [2.45, 2.75) is 25.6 Å². The lowest BCUT2D eigenvalue weighted by atomic mass is 10.1. The van der Waals surface area contributed by atoms with Crippen LogP contribution in [0, 0.1) is 0 Å². The SMILES string of the molecule is COC(C)C(O)Cc1ccn(C)n1. The molecule has 0 amide bonds. The molecular formula is C9H16N2O2. The molecule has 1 heterocycles. The van der Waals surface area contributed by atoms with Gasteiger partial charge in [-0.05, 0) is 13.0 Å². The van der Waals surface area contributed by atoms with Gasteiger partial charge in [0, 0.05) is 26.8 Å². The minimum absolute atomic E-state index is 0.151. The average Bonchev–Trinajstić information content (AvgIpc) is 2.49. The normalized spacial score (nSPS) is 15.7. The molecule has 0 saturated heterocycles. The molecule has 4 heteroatoms. The van der Waals surface area contributed by atoms with Crippen molar-refractivity contribution < 1.29 is 9.84 Å². The van der Waals surface area contributed by atoms with Gasteiger partial charge in [-0.2, -0.15) is 5.10 Å². The summed E-state index contributed by atoms with van der Waals surface area (Å²) in [4.78, 5) is 0. The lowest BCUT2D eigenvalue weighted by molar-refractivity contribution is -0.0000928. The van der Waals surface area contributed by atoms with E-state index in [-0.39, 0.29) is 6.10 Å². The number of aliphatic hydroxyl groups is 1. The van der Waals surface area contributed by atoms with Crippen LogP contribution in [-0.2, 0) is 18.2 Å². The summed E-state index contributed by atoms with van der Waals surface area (Å²) in [5.74, 6) is 0. The molecule has 1 aromatic heterocycles. The van der Waals surface area contributed by atoms with Crippen molar-refractivity contribution >= 4 is 0 Å². The second-order valence-corrected chi connectivity index (χ2v) is 3.19. The first-order valence-corrected chi connectivity index (χ1v) is 4.33. The molecule has 4 nitrogen and oxygen atoms in total. The number of aromatic nitrogens is 2. The van der Waals surface area contributed by atoms with Gasteiger partial charge in [0.2, 0.25) is 0 Å². The number of aliphatic hydroxyl groups excluding tert-OH is 1. The number of methoxy groups -OCH3 is 1. The third-order valence-electron chi connectivity index (χ3n) is 2.10. The Hall–Kier alpha value is -0.870. The van der Waals surface area contributed by atoms with Crippen LogP contribution in [0.1, 0.15) is 12.6 Å². The molecule has 0 aromatic carbocycles. The van der Waals surface area contributed by atoms with Gasteiger partial charge in [-0.25, -0.2) is 0 Å². The van der Waals surface area contributed by atoms with E-state index in [1.54, 1.807) is 11.8 Å². The van der Waals surface area contributed by atoms with Crippen LogP contribution in [0.25, 0.3) is 0 Å². The molecule has 1 N–H and O–H groups in total. The molecule has 0 spiro atoms. The molecule has 0 aliphatic carbocycles. The highest BCUT2D eigenvalue weighted by Gasteiger charge is 2.14. The fourth-order valence-corrected chi connectivity index (χ4v) is 1.11. The van der Waals surface area contributed by atoms with Gasteiger partial charge in [-0.3, -0.25) is 4.68 Å². The third kappa shape index (κ3) is 2.82. The Balaban J connectivity index is 2.49. The highest BCUT2D eigenvalue weighted by Crippen LogP contribution is 2.05. The quantitative estimate of drug-likeness (QED) is 0.735. The second kappa shape index (κ2) is 4.39. The number of ether oxygens (including phenoxy) is 1. The van der Waals surface area contributed by atoms with Gasteiger partial charge in [0.05, 0.1) is 17.9 Å².